The molecule has 2 aromatic rings. The monoisotopic (exact) mass is 204 g/mol. The molecule has 1 aromatic carbocycles. The van der Waals surface area contributed by atoms with E-state index in [0.29, 0.717) is 5.75 Å². The van der Waals surface area contributed by atoms with Crippen LogP contribution in [0, 0.1) is 6.92 Å². The summed E-state index contributed by atoms with van der Waals surface area (Å²) >= 11 is 0. The maximum Gasteiger partial charge on any atom is 0.211 e. The van der Waals surface area contributed by atoms with Gasteiger partial charge in [-0.2, -0.15) is 0 Å². The molecule has 0 bridgehead atoms. The third kappa shape index (κ3) is 1.61. The number of aromatic nitrogens is 1. The molecule has 1 heterocycles. The van der Waals surface area contributed by atoms with Crippen molar-refractivity contribution in [3.63, 3.8) is 0 Å². The van der Waals surface area contributed by atoms with Gasteiger partial charge in [0.25, 0.3) is 0 Å². The lowest BCUT2D eigenvalue weighted by atomic mass is 10.1. The summed E-state index contributed by atoms with van der Waals surface area (Å²) in [5, 5.41) is 11.7. The van der Waals surface area contributed by atoms with E-state index in [1.165, 1.54) is 0 Å². The van der Waals surface area contributed by atoms with Crippen molar-refractivity contribution in [1.82, 2.24) is 0 Å². The van der Waals surface area contributed by atoms with Crippen LogP contribution in [0.4, 0.5) is 0 Å². The molecule has 0 spiro atoms. The fourth-order valence-electron chi connectivity index (χ4n) is 1.86. The number of benzene rings is 1. The van der Waals surface area contributed by atoms with Crippen LogP contribution in [0.5, 0.6) is 11.5 Å². The second-order valence-electron chi connectivity index (χ2n) is 3.72. The van der Waals surface area contributed by atoms with Gasteiger partial charge < -0.3 is 9.84 Å². The lowest BCUT2D eigenvalue weighted by molar-refractivity contribution is -0.670. The molecule has 0 atom stereocenters. The summed E-state index contributed by atoms with van der Waals surface area (Å²) in [5.41, 5.74) is 1.02. The molecule has 0 saturated carbocycles. The average Bonchev–Trinajstić information content (AvgIpc) is 2.15. The quantitative estimate of drug-likeness (QED) is 0.717. The highest BCUT2D eigenvalue weighted by atomic mass is 16.5. The first-order chi connectivity index (χ1) is 7.11. The van der Waals surface area contributed by atoms with E-state index in [2.05, 4.69) is 0 Å². The average molecular weight is 204 g/mol. The number of fused-ring (bicyclic) bond motifs is 1. The summed E-state index contributed by atoms with van der Waals surface area (Å²) in [5.74, 6) is 1.11. The lowest BCUT2D eigenvalue weighted by Crippen LogP contribution is -2.26. The molecule has 1 N–H and O–H groups in total. The first-order valence-corrected chi connectivity index (χ1v) is 4.78. The third-order valence-electron chi connectivity index (χ3n) is 2.50. The molecule has 1 aromatic heterocycles. The Kier molecular flexibility index (Phi) is 2.23. The van der Waals surface area contributed by atoms with E-state index in [1.54, 1.807) is 13.3 Å². The van der Waals surface area contributed by atoms with Gasteiger partial charge in [0.2, 0.25) is 6.20 Å². The number of rotatable bonds is 1. The molecule has 0 aliphatic carbocycles. The Morgan fingerprint density at radius 1 is 1.27 bits per heavy atom. The Labute approximate surface area is 88.5 Å². The Bertz CT molecular complexity index is 521. The van der Waals surface area contributed by atoms with Gasteiger partial charge >= 0.3 is 0 Å². The van der Waals surface area contributed by atoms with Gasteiger partial charge in [0.1, 0.15) is 12.8 Å². The predicted octanol–water partition coefficient (Wildman–Crippen LogP) is 1.69. The fraction of sp³-hybridized carbons (Fsp3) is 0.250. The van der Waals surface area contributed by atoms with Gasteiger partial charge in [0, 0.05) is 5.39 Å². The highest BCUT2D eigenvalue weighted by molar-refractivity contribution is 5.90. The summed E-state index contributed by atoms with van der Waals surface area (Å²) in [6.07, 6.45) is 3.66. The van der Waals surface area contributed by atoms with E-state index in [0.717, 1.165) is 22.1 Å². The van der Waals surface area contributed by atoms with Gasteiger partial charge in [-0.3, -0.25) is 0 Å². The molecule has 3 nitrogen and oxygen atoms in total. The van der Waals surface area contributed by atoms with E-state index >= 15 is 0 Å². The van der Waals surface area contributed by atoms with Crippen molar-refractivity contribution in [2.75, 3.05) is 7.11 Å². The van der Waals surface area contributed by atoms with Crippen LogP contribution in [-0.2, 0) is 7.05 Å². The molecule has 0 unspecified atom stereocenters. The van der Waals surface area contributed by atoms with E-state index in [9.17, 15) is 5.11 Å². The Morgan fingerprint density at radius 2 is 2.00 bits per heavy atom. The lowest BCUT2D eigenvalue weighted by Gasteiger charge is -2.06. The van der Waals surface area contributed by atoms with Gasteiger partial charge in [-0.1, -0.05) is 0 Å². The number of hydrogen-bond donors (Lipinski definition) is 1. The molecule has 2 rings (SSSR count). The van der Waals surface area contributed by atoms with Crippen LogP contribution in [-0.4, -0.2) is 12.2 Å². The number of nitrogens with zero attached hydrogens (tertiary/aromatic N) is 1. The largest absolute Gasteiger partial charge is 0.502 e. The Morgan fingerprint density at radius 3 is 2.67 bits per heavy atom. The van der Waals surface area contributed by atoms with E-state index in [-0.39, 0.29) is 0 Å². The maximum atomic E-state index is 9.83. The number of aromatic hydroxyl groups is 1. The van der Waals surface area contributed by atoms with Crippen LogP contribution < -0.4 is 9.30 Å². The third-order valence-corrected chi connectivity index (χ3v) is 2.50. The van der Waals surface area contributed by atoms with Crippen LogP contribution in [0.3, 0.4) is 0 Å². The second-order valence-corrected chi connectivity index (χ2v) is 3.72. The van der Waals surface area contributed by atoms with Gasteiger partial charge in [0.05, 0.1) is 12.5 Å². The smallest absolute Gasteiger partial charge is 0.211 e. The van der Waals surface area contributed by atoms with Crippen molar-refractivity contribution >= 4 is 10.8 Å². The predicted molar refractivity (Wildman–Crippen MR) is 58.1 cm³/mol. The first kappa shape index (κ1) is 9.77. The first-order valence-electron chi connectivity index (χ1n) is 4.78. The summed E-state index contributed by atoms with van der Waals surface area (Å²) in [6, 6.07) is 3.84. The molecule has 15 heavy (non-hydrogen) atoms. The number of pyridine rings is 1. The van der Waals surface area contributed by atoms with E-state index in [4.69, 9.17) is 4.74 Å². The van der Waals surface area contributed by atoms with Crippen molar-refractivity contribution in [1.29, 1.82) is 0 Å². The van der Waals surface area contributed by atoms with E-state index in [1.807, 2.05) is 36.9 Å². The summed E-state index contributed by atoms with van der Waals surface area (Å²) < 4.78 is 7.02. The van der Waals surface area contributed by atoms with Crippen molar-refractivity contribution in [3.05, 3.63) is 30.1 Å². The molecular weight excluding hydrogens is 190 g/mol. The van der Waals surface area contributed by atoms with Gasteiger partial charge in [-0.25, -0.2) is 4.57 Å². The Hall–Kier alpha value is -1.77. The van der Waals surface area contributed by atoms with Gasteiger partial charge in [-0.05, 0) is 24.6 Å². The van der Waals surface area contributed by atoms with Gasteiger partial charge in [0.15, 0.2) is 11.9 Å². The van der Waals surface area contributed by atoms with Crippen LogP contribution in [0.1, 0.15) is 5.56 Å². The zero-order chi connectivity index (χ0) is 11.0. The number of hydrogen-bond acceptors (Lipinski definition) is 2. The maximum absolute atomic E-state index is 9.83. The summed E-state index contributed by atoms with van der Waals surface area (Å²) in [4.78, 5) is 0. The van der Waals surface area contributed by atoms with Crippen LogP contribution in [0.2, 0.25) is 0 Å². The fourth-order valence-corrected chi connectivity index (χ4v) is 1.86. The zero-order valence-electron chi connectivity index (χ0n) is 9.11. The van der Waals surface area contributed by atoms with Crippen LogP contribution in [0.25, 0.3) is 10.8 Å². The van der Waals surface area contributed by atoms with Crippen LogP contribution >= 0.6 is 0 Å². The summed E-state index contributed by atoms with van der Waals surface area (Å²) in [6.45, 7) is 1.96. The highest BCUT2D eigenvalue weighted by Gasteiger charge is 2.10. The minimum atomic E-state index is 0.301. The van der Waals surface area contributed by atoms with Crippen molar-refractivity contribution < 1.29 is 14.4 Å². The molecule has 3 heteroatoms. The normalized spacial score (nSPS) is 10.6. The molecule has 0 amide bonds. The van der Waals surface area contributed by atoms with Crippen molar-refractivity contribution in [2.24, 2.45) is 7.05 Å². The SMILES string of the molecule is COc1cc(C)c2c(O)c[n+](C)cc2c1. The molecule has 0 radical (unpaired) electrons. The molecule has 0 saturated heterocycles. The van der Waals surface area contributed by atoms with Gasteiger partial charge in [-0.15, -0.1) is 0 Å². The minimum Gasteiger partial charge on any atom is -0.502 e. The molecule has 0 aliphatic heterocycles. The summed E-state index contributed by atoms with van der Waals surface area (Å²) in [7, 11) is 3.53. The second kappa shape index (κ2) is 3.42. The van der Waals surface area contributed by atoms with Crippen molar-refractivity contribution in [3.8, 4) is 11.5 Å². The van der Waals surface area contributed by atoms with E-state index < -0.39 is 0 Å². The number of aryl methyl sites for hydroxylation is 2. The zero-order valence-corrected chi connectivity index (χ0v) is 9.11. The molecule has 0 fully saturated rings. The number of methoxy groups -OCH3 is 1. The molecule has 0 aliphatic rings. The van der Waals surface area contributed by atoms with Crippen molar-refractivity contribution in [2.45, 2.75) is 6.92 Å². The minimum absolute atomic E-state index is 0.301. The topological polar surface area (TPSA) is 33.3 Å². The Balaban J connectivity index is 2.85. The number of ether oxygens (including phenoxy) is 1. The highest BCUT2D eigenvalue weighted by Crippen LogP contribution is 2.29. The molecular formula is C12H14NO2+. The molecule has 78 valence electrons. The van der Waals surface area contributed by atoms with Crippen LogP contribution in [0.15, 0.2) is 24.5 Å². The standard InChI is InChI=1S/C12H13NO2/c1-8-4-10(15-3)5-9-6-13(2)7-11(14)12(8)9/h4-7H,1-3H3/p+1.